The molecule has 10 heavy (non-hydrogen) atoms. The van der Waals surface area contributed by atoms with Crippen LogP contribution in [0.1, 0.15) is 0 Å². The Labute approximate surface area is 61.9 Å². The van der Waals surface area contributed by atoms with Crippen LogP contribution in [0.3, 0.4) is 0 Å². The van der Waals surface area contributed by atoms with E-state index in [-0.39, 0.29) is 0 Å². The quantitative estimate of drug-likeness (QED) is 0.373. The summed E-state index contributed by atoms with van der Waals surface area (Å²) < 4.78 is 9.63. The Hall–Kier alpha value is -0.160. The maximum Gasteiger partial charge on any atom is 0.0601 e. The van der Waals surface area contributed by atoms with Gasteiger partial charge in [-0.2, -0.15) is 0 Å². The molecule has 0 aliphatic rings. The van der Waals surface area contributed by atoms with E-state index >= 15 is 0 Å². The van der Waals surface area contributed by atoms with Gasteiger partial charge >= 0.3 is 0 Å². The molecule has 0 rings (SSSR count). The highest BCUT2D eigenvalue weighted by Gasteiger charge is 1.83. The highest BCUT2D eigenvalue weighted by atomic mass is 16.5. The van der Waals surface area contributed by atoms with Crippen molar-refractivity contribution in [3.8, 4) is 0 Å². The molecule has 0 heterocycles. The molecule has 0 radical (unpaired) electrons. The number of hydrogen-bond acceptors (Lipinski definition) is 4. The minimum Gasteiger partial charge on any atom is -0.383 e. The van der Waals surface area contributed by atoms with Gasteiger partial charge in [-0.1, -0.05) is 0 Å². The van der Waals surface area contributed by atoms with Gasteiger partial charge in [-0.05, 0) is 0 Å². The fourth-order valence-corrected chi connectivity index (χ4v) is 0.483. The van der Waals surface area contributed by atoms with E-state index in [1.807, 2.05) is 0 Å². The molecule has 4 nitrogen and oxygen atoms in total. The van der Waals surface area contributed by atoms with E-state index in [0.717, 1.165) is 26.3 Å². The van der Waals surface area contributed by atoms with E-state index in [0.29, 0.717) is 0 Å². The molecular weight excluding hydrogens is 132 g/mol. The lowest BCUT2D eigenvalue weighted by atomic mass is 10.7. The SMILES string of the molecule is COCCNNCCOC. The lowest BCUT2D eigenvalue weighted by Crippen LogP contribution is -2.36. The molecule has 0 atom stereocenters. The highest BCUT2D eigenvalue weighted by molar-refractivity contribution is 4.38. The van der Waals surface area contributed by atoms with Crippen molar-refractivity contribution in [3.63, 3.8) is 0 Å². The Kier molecular flexibility index (Phi) is 8.70. The topological polar surface area (TPSA) is 42.5 Å². The Morgan fingerprint density at radius 2 is 1.30 bits per heavy atom. The third-order valence-corrected chi connectivity index (χ3v) is 0.987. The number of hydrogen-bond donors (Lipinski definition) is 2. The van der Waals surface area contributed by atoms with E-state index in [2.05, 4.69) is 10.9 Å². The van der Waals surface area contributed by atoms with Gasteiger partial charge in [0.1, 0.15) is 0 Å². The highest BCUT2D eigenvalue weighted by Crippen LogP contribution is 1.62. The second-order valence-corrected chi connectivity index (χ2v) is 1.84. The largest absolute Gasteiger partial charge is 0.383 e. The Morgan fingerprint density at radius 1 is 0.900 bits per heavy atom. The summed E-state index contributed by atoms with van der Waals surface area (Å²) in [6.07, 6.45) is 0. The van der Waals surface area contributed by atoms with Crippen LogP contribution in [0.4, 0.5) is 0 Å². The lowest BCUT2D eigenvalue weighted by molar-refractivity contribution is 0.180. The van der Waals surface area contributed by atoms with Crippen LogP contribution in [0.5, 0.6) is 0 Å². The molecule has 0 aromatic rings. The minimum absolute atomic E-state index is 0.722. The van der Waals surface area contributed by atoms with Crippen molar-refractivity contribution < 1.29 is 9.47 Å². The van der Waals surface area contributed by atoms with Crippen molar-refractivity contribution in [1.82, 2.24) is 10.9 Å². The van der Waals surface area contributed by atoms with Crippen LogP contribution in [0.2, 0.25) is 0 Å². The molecular formula is C6H16N2O2. The minimum atomic E-state index is 0.722. The Morgan fingerprint density at radius 3 is 1.60 bits per heavy atom. The molecule has 0 bridgehead atoms. The molecule has 0 saturated heterocycles. The first kappa shape index (κ1) is 9.84. The van der Waals surface area contributed by atoms with Gasteiger partial charge < -0.3 is 9.47 Å². The van der Waals surface area contributed by atoms with Crippen molar-refractivity contribution >= 4 is 0 Å². The zero-order valence-corrected chi connectivity index (χ0v) is 6.64. The van der Waals surface area contributed by atoms with Gasteiger partial charge in [-0.3, -0.25) is 10.9 Å². The zero-order valence-electron chi connectivity index (χ0n) is 6.64. The molecule has 0 aliphatic carbocycles. The monoisotopic (exact) mass is 148 g/mol. The molecule has 0 spiro atoms. The van der Waals surface area contributed by atoms with Gasteiger partial charge in [-0.15, -0.1) is 0 Å². The third-order valence-electron chi connectivity index (χ3n) is 0.987. The van der Waals surface area contributed by atoms with Gasteiger partial charge in [0.2, 0.25) is 0 Å². The standard InChI is InChI=1S/C6H16N2O2/c1-9-5-3-7-8-4-6-10-2/h7-8H,3-6H2,1-2H3. The van der Waals surface area contributed by atoms with Gasteiger partial charge in [-0.25, -0.2) is 0 Å². The van der Waals surface area contributed by atoms with Gasteiger partial charge in [0, 0.05) is 27.3 Å². The van der Waals surface area contributed by atoms with Crippen molar-refractivity contribution in [2.45, 2.75) is 0 Å². The molecule has 62 valence electrons. The summed E-state index contributed by atoms with van der Waals surface area (Å²) in [5.74, 6) is 0. The average molecular weight is 148 g/mol. The van der Waals surface area contributed by atoms with Crippen LogP contribution in [0.25, 0.3) is 0 Å². The summed E-state index contributed by atoms with van der Waals surface area (Å²) in [7, 11) is 3.35. The Balaban J connectivity index is 2.65. The molecule has 2 N–H and O–H groups in total. The zero-order chi connectivity index (χ0) is 7.66. The molecule has 4 heteroatoms. The molecule has 0 aromatic heterocycles. The van der Waals surface area contributed by atoms with Gasteiger partial charge in [0.15, 0.2) is 0 Å². The Bertz CT molecular complexity index is 53.7. The maximum absolute atomic E-state index is 4.81. The number of nitrogens with one attached hydrogen (secondary N) is 2. The van der Waals surface area contributed by atoms with E-state index < -0.39 is 0 Å². The van der Waals surface area contributed by atoms with Crippen LogP contribution in [0.15, 0.2) is 0 Å². The number of ether oxygens (including phenoxy) is 2. The average Bonchev–Trinajstić information content (AvgIpc) is 1.97. The van der Waals surface area contributed by atoms with Crippen LogP contribution in [-0.4, -0.2) is 40.5 Å². The predicted octanol–water partition coefficient (Wildman–Crippen LogP) is -0.627. The summed E-state index contributed by atoms with van der Waals surface area (Å²) in [6.45, 7) is 3.08. The van der Waals surface area contributed by atoms with E-state index in [9.17, 15) is 0 Å². The normalized spacial score (nSPS) is 10.2. The second-order valence-electron chi connectivity index (χ2n) is 1.84. The smallest absolute Gasteiger partial charge is 0.0601 e. The van der Waals surface area contributed by atoms with Crippen molar-refractivity contribution in [3.05, 3.63) is 0 Å². The molecule has 0 amide bonds. The fourth-order valence-electron chi connectivity index (χ4n) is 0.483. The van der Waals surface area contributed by atoms with E-state index in [1.54, 1.807) is 14.2 Å². The van der Waals surface area contributed by atoms with Gasteiger partial charge in [0.05, 0.1) is 13.2 Å². The molecule has 0 saturated carbocycles. The van der Waals surface area contributed by atoms with Crippen LogP contribution < -0.4 is 10.9 Å². The molecule has 0 aliphatic heterocycles. The summed E-state index contributed by atoms with van der Waals surface area (Å²) in [5, 5.41) is 0. The first-order valence-electron chi connectivity index (χ1n) is 3.35. The van der Waals surface area contributed by atoms with Crippen molar-refractivity contribution in [2.24, 2.45) is 0 Å². The molecule has 0 aromatic carbocycles. The van der Waals surface area contributed by atoms with Crippen LogP contribution >= 0.6 is 0 Å². The summed E-state index contributed by atoms with van der Waals surface area (Å²) in [5.41, 5.74) is 5.93. The predicted molar refractivity (Wildman–Crippen MR) is 39.8 cm³/mol. The lowest BCUT2D eigenvalue weighted by Gasteiger charge is -2.04. The maximum atomic E-state index is 4.81. The van der Waals surface area contributed by atoms with Crippen LogP contribution in [-0.2, 0) is 9.47 Å². The van der Waals surface area contributed by atoms with Gasteiger partial charge in [0.25, 0.3) is 0 Å². The third kappa shape index (κ3) is 7.84. The number of rotatable bonds is 7. The van der Waals surface area contributed by atoms with Crippen molar-refractivity contribution in [1.29, 1.82) is 0 Å². The summed E-state index contributed by atoms with van der Waals surface area (Å²) >= 11 is 0. The fraction of sp³-hybridized carbons (Fsp3) is 1.00. The molecule has 0 unspecified atom stereocenters. The molecule has 0 fully saturated rings. The number of hydrazine groups is 1. The summed E-state index contributed by atoms with van der Waals surface area (Å²) in [6, 6.07) is 0. The number of methoxy groups -OCH3 is 2. The first-order chi connectivity index (χ1) is 4.91. The van der Waals surface area contributed by atoms with Crippen LogP contribution in [0, 0.1) is 0 Å². The van der Waals surface area contributed by atoms with E-state index in [1.165, 1.54) is 0 Å². The van der Waals surface area contributed by atoms with E-state index in [4.69, 9.17) is 9.47 Å². The van der Waals surface area contributed by atoms with Crippen molar-refractivity contribution in [2.75, 3.05) is 40.5 Å². The second kappa shape index (κ2) is 8.84. The summed E-state index contributed by atoms with van der Waals surface area (Å²) in [4.78, 5) is 0. The first-order valence-corrected chi connectivity index (χ1v) is 3.35.